The summed E-state index contributed by atoms with van der Waals surface area (Å²) in [4.78, 5) is 4.12. The van der Waals surface area contributed by atoms with Crippen LogP contribution in [0.1, 0.15) is 30.0 Å². The summed E-state index contributed by atoms with van der Waals surface area (Å²) in [6, 6.07) is 1.62. The molecule has 0 unspecified atom stereocenters. The molecule has 72 valence electrons. The van der Waals surface area contributed by atoms with Gasteiger partial charge in [0, 0.05) is 12.4 Å². The Morgan fingerprint density at radius 1 is 1.43 bits per heavy atom. The number of hydrogen-bond donors (Lipinski definition) is 0. The molecule has 0 atom stereocenters. The second kappa shape index (κ2) is 2.56. The lowest BCUT2D eigenvalue weighted by atomic mass is 10.2. The first-order valence-electron chi connectivity index (χ1n) is 4.89. The van der Waals surface area contributed by atoms with E-state index in [0.29, 0.717) is 11.6 Å². The number of aryl methyl sites for hydroxylation is 1. The van der Waals surface area contributed by atoms with Crippen LogP contribution in [0.3, 0.4) is 0 Å². The molecule has 0 spiro atoms. The molecule has 2 heterocycles. The third kappa shape index (κ3) is 1.12. The van der Waals surface area contributed by atoms with Gasteiger partial charge < -0.3 is 4.40 Å². The Balaban J connectivity index is 2.26. The summed E-state index contributed by atoms with van der Waals surface area (Å²) >= 11 is 0. The van der Waals surface area contributed by atoms with Gasteiger partial charge >= 0.3 is 0 Å². The van der Waals surface area contributed by atoms with E-state index in [9.17, 15) is 4.39 Å². The molecule has 1 aliphatic carbocycles. The van der Waals surface area contributed by atoms with Crippen molar-refractivity contribution in [1.29, 1.82) is 0 Å². The van der Waals surface area contributed by atoms with Gasteiger partial charge in [-0.05, 0) is 37.3 Å². The van der Waals surface area contributed by atoms with E-state index in [2.05, 4.69) is 4.98 Å². The highest BCUT2D eigenvalue weighted by Crippen LogP contribution is 2.40. The fourth-order valence-corrected chi connectivity index (χ4v) is 1.84. The minimum Gasteiger partial charge on any atom is -0.304 e. The average molecular weight is 190 g/mol. The maximum atomic E-state index is 13.6. The zero-order chi connectivity index (χ0) is 9.71. The van der Waals surface area contributed by atoms with E-state index in [0.717, 1.165) is 11.3 Å². The van der Waals surface area contributed by atoms with Crippen molar-refractivity contribution in [1.82, 2.24) is 9.38 Å². The topological polar surface area (TPSA) is 17.3 Å². The van der Waals surface area contributed by atoms with Crippen molar-refractivity contribution in [2.45, 2.75) is 25.7 Å². The Hall–Kier alpha value is -1.38. The fourth-order valence-electron chi connectivity index (χ4n) is 1.84. The number of aromatic nitrogens is 2. The molecule has 14 heavy (non-hydrogen) atoms. The molecule has 0 saturated heterocycles. The normalized spacial score (nSPS) is 16.4. The van der Waals surface area contributed by atoms with Crippen LogP contribution >= 0.6 is 0 Å². The van der Waals surface area contributed by atoms with Gasteiger partial charge in [0.15, 0.2) is 11.5 Å². The van der Waals surface area contributed by atoms with Gasteiger partial charge in [-0.1, -0.05) is 0 Å². The number of imidazole rings is 1. The predicted octanol–water partition coefficient (Wildman–Crippen LogP) is 2.66. The van der Waals surface area contributed by atoms with Gasteiger partial charge in [-0.2, -0.15) is 0 Å². The second-order valence-corrected chi connectivity index (χ2v) is 4.01. The quantitative estimate of drug-likeness (QED) is 0.675. The van der Waals surface area contributed by atoms with E-state index in [-0.39, 0.29) is 5.82 Å². The maximum Gasteiger partial charge on any atom is 0.173 e. The summed E-state index contributed by atoms with van der Waals surface area (Å²) in [5.74, 6) is 0.374. The summed E-state index contributed by atoms with van der Waals surface area (Å²) in [7, 11) is 0. The molecule has 1 fully saturated rings. The smallest absolute Gasteiger partial charge is 0.173 e. The molecule has 0 aromatic carbocycles. The molecule has 2 nitrogen and oxygen atoms in total. The van der Waals surface area contributed by atoms with Crippen LogP contribution in [-0.2, 0) is 0 Å². The van der Waals surface area contributed by atoms with Crippen LogP contribution in [0.2, 0.25) is 0 Å². The highest BCUT2D eigenvalue weighted by Gasteiger charge is 2.24. The van der Waals surface area contributed by atoms with Crippen molar-refractivity contribution < 1.29 is 4.39 Å². The summed E-state index contributed by atoms with van der Waals surface area (Å²) in [5, 5.41) is 0. The van der Waals surface area contributed by atoms with E-state index in [4.69, 9.17) is 0 Å². The highest BCUT2D eigenvalue weighted by atomic mass is 19.1. The Labute approximate surface area is 81.4 Å². The van der Waals surface area contributed by atoms with Crippen molar-refractivity contribution in [3.63, 3.8) is 0 Å². The molecule has 1 saturated carbocycles. The number of pyridine rings is 1. The molecular weight excluding hydrogens is 179 g/mol. The highest BCUT2D eigenvalue weighted by molar-refractivity contribution is 5.44. The largest absolute Gasteiger partial charge is 0.304 e. The second-order valence-electron chi connectivity index (χ2n) is 4.01. The molecule has 0 bridgehead atoms. The van der Waals surface area contributed by atoms with Gasteiger partial charge in [-0.15, -0.1) is 0 Å². The molecule has 2 aromatic heterocycles. The number of rotatable bonds is 1. The van der Waals surface area contributed by atoms with Gasteiger partial charge in [-0.3, -0.25) is 0 Å². The molecule has 3 rings (SSSR count). The van der Waals surface area contributed by atoms with E-state index < -0.39 is 0 Å². The average Bonchev–Trinajstić information content (AvgIpc) is 2.89. The van der Waals surface area contributed by atoms with Crippen LogP contribution in [0.25, 0.3) is 5.65 Å². The Morgan fingerprint density at radius 2 is 2.21 bits per heavy atom. The van der Waals surface area contributed by atoms with Gasteiger partial charge in [0.25, 0.3) is 0 Å². The first-order valence-corrected chi connectivity index (χ1v) is 4.89. The standard InChI is InChI=1S/C11H11FN2/c1-7-5-14-6-9(8-2-3-8)4-10(12)11(14)13-7/h4-6,8H,2-3H2,1H3. The third-order valence-corrected chi connectivity index (χ3v) is 2.70. The number of hydrogen-bond acceptors (Lipinski definition) is 1. The van der Waals surface area contributed by atoms with Crippen molar-refractivity contribution in [2.24, 2.45) is 0 Å². The number of nitrogens with zero attached hydrogens (tertiary/aromatic N) is 2. The number of fused-ring (bicyclic) bond motifs is 1. The van der Waals surface area contributed by atoms with E-state index in [1.54, 1.807) is 10.5 Å². The Kier molecular flexibility index (Phi) is 1.46. The van der Waals surface area contributed by atoms with Crippen LogP contribution < -0.4 is 0 Å². The zero-order valence-corrected chi connectivity index (χ0v) is 8.00. The zero-order valence-electron chi connectivity index (χ0n) is 8.00. The summed E-state index contributed by atoms with van der Waals surface area (Å²) < 4.78 is 15.4. The van der Waals surface area contributed by atoms with Crippen LogP contribution in [0.15, 0.2) is 18.5 Å². The van der Waals surface area contributed by atoms with Gasteiger partial charge in [0.1, 0.15) is 0 Å². The minimum atomic E-state index is -0.206. The van der Waals surface area contributed by atoms with Crippen molar-refractivity contribution in [3.8, 4) is 0 Å². The minimum absolute atomic E-state index is 0.206. The van der Waals surface area contributed by atoms with E-state index in [1.807, 2.05) is 19.3 Å². The summed E-state index contributed by atoms with van der Waals surface area (Å²) in [6.45, 7) is 1.88. The van der Waals surface area contributed by atoms with Gasteiger partial charge in [-0.25, -0.2) is 9.37 Å². The lowest BCUT2D eigenvalue weighted by Crippen LogP contribution is -1.91. The lowest BCUT2D eigenvalue weighted by molar-refractivity contribution is 0.627. The lowest BCUT2D eigenvalue weighted by Gasteiger charge is -2.00. The molecule has 0 aliphatic heterocycles. The molecule has 1 aliphatic rings. The first kappa shape index (κ1) is 7.97. The van der Waals surface area contributed by atoms with Gasteiger partial charge in [0.2, 0.25) is 0 Å². The molecule has 0 radical (unpaired) electrons. The first-order chi connectivity index (χ1) is 6.74. The van der Waals surface area contributed by atoms with Gasteiger partial charge in [0.05, 0.1) is 5.69 Å². The SMILES string of the molecule is Cc1cn2cc(C3CC3)cc(F)c2n1. The third-order valence-electron chi connectivity index (χ3n) is 2.70. The maximum absolute atomic E-state index is 13.6. The van der Waals surface area contributed by atoms with Crippen molar-refractivity contribution in [2.75, 3.05) is 0 Å². The van der Waals surface area contributed by atoms with E-state index in [1.165, 1.54) is 12.8 Å². The van der Waals surface area contributed by atoms with Crippen LogP contribution in [0, 0.1) is 12.7 Å². The van der Waals surface area contributed by atoms with Crippen LogP contribution in [-0.4, -0.2) is 9.38 Å². The fraction of sp³-hybridized carbons (Fsp3) is 0.364. The van der Waals surface area contributed by atoms with Crippen LogP contribution in [0.5, 0.6) is 0 Å². The summed E-state index contributed by atoms with van der Waals surface area (Å²) in [5.41, 5.74) is 2.40. The molecule has 0 N–H and O–H groups in total. The predicted molar refractivity (Wildman–Crippen MR) is 51.9 cm³/mol. The molecular formula is C11H11FN2. The molecule has 2 aromatic rings. The Bertz CT molecular complexity index is 497. The van der Waals surface area contributed by atoms with E-state index >= 15 is 0 Å². The Morgan fingerprint density at radius 3 is 2.93 bits per heavy atom. The van der Waals surface area contributed by atoms with Crippen molar-refractivity contribution in [3.05, 3.63) is 35.5 Å². The summed E-state index contributed by atoms with van der Waals surface area (Å²) in [6.07, 6.45) is 6.25. The van der Waals surface area contributed by atoms with Crippen LogP contribution in [0.4, 0.5) is 4.39 Å². The molecule has 3 heteroatoms. The monoisotopic (exact) mass is 190 g/mol. The number of halogens is 1. The molecule has 0 amide bonds. The van der Waals surface area contributed by atoms with Crippen molar-refractivity contribution >= 4 is 5.65 Å².